The lowest BCUT2D eigenvalue weighted by Gasteiger charge is -2.17. The molecule has 0 bridgehead atoms. The minimum atomic E-state index is -1.19. The molecule has 0 aromatic rings. The van der Waals surface area contributed by atoms with Crippen LogP contribution in [0.25, 0.3) is 0 Å². The zero-order valence-electron chi connectivity index (χ0n) is 17.8. The van der Waals surface area contributed by atoms with Crippen LogP contribution in [0.15, 0.2) is 0 Å². The number of aliphatic carboxylic acids is 2. The standard InChI is InChI=1S/C20H37N3O6S/c1-2-3-4-5-6-7-8-9-12-21-15(20(28)29)10-11-17(24)23-16(14-30)19(27)22-13-18(25)26/h15-16,21,30H,2-14H2,1H3,(H,22,27)(H,23,24)(H,25,26)(H,28,29)/t15-,16-/m0/s1. The monoisotopic (exact) mass is 447 g/mol. The predicted molar refractivity (Wildman–Crippen MR) is 118 cm³/mol. The van der Waals surface area contributed by atoms with Crippen molar-refractivity contribution in [1.29, 1.82) is 0 Å². The summed E-state index contributed by atoms with van der Waals surface area (Å²) in [5.41, 5.74) is 0. The number of carboxylic acid groups (broad SMARTS) is 2. The van der Waals surface area contributed by atoms with Gasteiger partial charge in [-0.25, -0.2) is 0 Å². The van der Waals surface area contributed by atoms with Gasteiger partial charge in [0.05, 0.1) is 0 Å². The number of rotatable bonds is 19. The van der Waals surface area contributed by atoms with Crippen LogP contribution in [0.5, 0.6) is 0 Å². The lowest BCUT2D eigenvalue weighted by molar-refractivity contribution is -0.140. The zero-order chi connectivity index (χ0) is 22.8. The van der Waals surface area contributed by atoms with Crippen molar-refractivity contribution in [3.8, 4) is 0 Å². The molecule has 2 atom stereocenters. The molecular weight excluding hydrogens is 410 g/mol. The van der Waals surface area contributed by atoms with Gasteiger partial charge in [0, 0.05) is 12.2 Å². The Kier molecular flexibility index (Phi) is 16.9. The second kappa shape index (κ2) is 18.0. The first kappa shape index (κ1) is 28.2. The maximum absolute atomic E-state index is 12.0. The summed E-state index contributed by atoms with van der Waals surface area (Å²) >= 11 is 3.98. The molecule has 0 radical (unpaired) electrons. The zero-order valence-corrected chi connectivity index (χ0v) is 18.7. The first-order chi connectivity index (χ1) is 14.3. The van der Waals surface area contributed by atoms with Gasteiger partial charge in [0.1, 0.15) is 18.6 Å². The molecule has 0 rings (SSSR count). The van der Waals surface area contributed by atoms with Gasteiger partial charge in [-0.3, -0.25) is 19.2 Å². The number of thiol groups is 1. The van der Waals surface area contributed by atoms with Gasteiger partial charge in [0.2, 0.25) is 11.8 Å². The van der Waals surface area contributed by atoms with Gasteiger partial charge < -0.3 is 26.2 Å². The van der Waals surface area contributed by atoms with E-state index in [0.29, 0.717) is 6.54 Å². The van der Waals surface area contributed by atoms with E-state index in [-0.39, 0.29) is 18.6 Å². The molecule has 0 aliphatic rings. The average Bonchev–Trinajstić information content (AvgIpc) is 2.70. The second-order valence-corrected chi connectivity index (χ2v) is 7.64. The molecule has 0 aromatic heterocycles. The van der Waals surface area contributed by atoms with E-state index in [9.17, 15) is 24.3 Å². The Hall–Kier alpha value is -1.81. The molecule has 0 saturated heterocycles. The quantitative estimate of drug-likeness (QED) is 0.130. The maximum atomic E-state index is 12.0. The first-order valence-corrected chi connectivity index (χ1v) is 11.3. The van der Waals surface area contributed by atoms with E-state index in [0.717, 1.165) is 19.3 Å². The van der Waals surface area contributed by atoms with Crippen LogP contribution in [0, 0.1) is 0 Å². The van der Waals surface area contributed by atoms with Crippen LogP contribution in [0.1, 0.15) is 71.1 Å². The maximum Gasteiger partial charge on any atom is 0.322 e. The van der Waals surface area contributed by atoms with Gasteiger partial charge >= 0.3 is 11.9 Å². The Morgan fingerprint density at radius 3 is 2.03 bits per heavy atom. The van der Waals surface area contributed by atoms with Crippen molar-refractivity contribution in [2.45, 2.75) is 83.2 Å². The Bertz CT molecular complexity index is 533. The van der Waals surface area contributed by atoms with Crippen molar-refractivity contribution in [3.63, 3.8) is 0 Å². The molecule has 2 amide bonds. The molecule has 9 nitrogen and oxygen atoms in total. The topological polar surface area (TPSA) is 145 Å². The van der Waals surface area contributed by atoms with E-state index < -0.39 is 42.4 Å². The highest BCUT2D eigenvalue weighted by Gasteiger charge is 2.22. The van der Waals surface area contributed by atoms with Crippen LogP contribution in [-0.2, 0) is 19.2 Å². The smallest absolute Gasteiger partial charge is 0.322 e. The third kappa shape index (κ3) is 15.1. The molecule has 0 heterocycles. The fourth-order valence-corrected chi connectivity index (χ4v) is 3.13. The van der Waals surface area contributed by atoms with Crippen molar-refractivity contribution in [2.24, 2.45) is 0 Å². The fourth-order valence-electron chi connectivity index (χ4n) is 2.87. The molecule has 0 spiro atoms. The van der Waals surface area contributed by atoms with Crippen LogP contribution in [-0.4, -0.2) is 64.9 Å². The molecular formula is C20H37N3O6S. The van der Waals surface area contributed by atoms with Gasteiger partial charge in [0.15, 0.2) is 0 Å². The average molecular weight is 448 g/mol. The number of unbranched alkanes of at least 4 members (excludes halogenated alkanes) is 7. The largest absolute Gasteiger partial charge is 0.480 e. The van der Waals surface area contributed by atoms with Crippen molar-refractivity contribution in [1.82, 2.24) is 16.0 Å². The van der Waals surface area contributed by atoms with Crippen LogP contribution >= 0.6 is 12.6 Å². The van der Waals surface area contributed by atoms with Crippen LogP contribution in [0.3, 0.4) is 0 Å². The molecule has 0 fully saturated rings. The van der Waals surface area contributed by atoms with E-state index in [1.54, 1.807) is 0 Å². The normalized spacial score (nSPS) is 12.7. The number of hydrogen-bond donors (Lipinski definition) is 6. The van der Waals surface area contributed by atoms with Crippen LogP contribution < -0.4 is 16.0 Å². The highest BCUT2D eigenvalue weighted by Crippen LogP contribution is 2.08. The summed E-state index contributed by atoms with van der Waals surface area (Å²) in [6.45, 7) is 2.21. The fraction of sp³-hybridized carbons (Fsp3) is 0.800. The molecule has 5 N–H and O–H groups in total. The Labute approximate surface area is 184 Å². The lowest BCUT2D eigenvalue weighted by Crippen LogP contribution is -2.49. The van der Waals surface area contributed by atoms with Crippen molar-refractivity contribution in [3.05, 3.63) is 0 Å². The van der Waals surface area contributed by atoms with Gasteiger partial charge in [-0.2, -0.15) is 12.6 Å². The molecule has 0 aliphatic heterocycles. The SMILES string of the molecule is CCCCCCCCCCN[C@@H](CCC(=O)N[C@@H](CS)C(=O)NCC(=O)O)C(=O)O. The first-order valence-electron chi connectivity index (χ1n) is 10.7. The number of amides is 2. The van der Waals surface area contributed by atoms with Crippen molar-refractivity contribution >= 4 is 36.4 Å². The highest BCUT2D eigenvalue weighted by atomic mass is 32.1. The van der Waals surface area contributed by atoms with E-state index in [4.69, 9.17) is 5.11 Å². The number of hydrogen-bond acceptors (Lipinski definition) is 6. The van der Waals surface area contributed by atoms with Crippen molar-refractivity contribution in [2.75, 3.05) is 18.8 Å². The molecule has 0 aromatic carbocycles. The van der Waals surface area contributed by atoms with Gasteiger partial charge in [-0.15, -0.1) is 0 Å². The lowest BCUT2D eigenvalue weighted by atomic mass is 10.1. The van der Waals surface area contributed by atoms with Crippen molar-refractivity contribution < 1.29 is 29.4 Å². The minimum absolute atomic E-state index is 0.00372. The minimum Gasteiger partial charge on any atom is -0.480 e. The molecule has 0 aliphatic carbocycles. The van der Waals surface area contributed by atoms with Gasteiger partial charge in [0.25, 0.3) is 0 Å². The van der Waals surface area contributed by atoms with Crippen LogP contribution in [0.4, 0.5) is 0 Å². The molecule has 0 saturated carbocycles. The summed E-state index contributed by atoms with van der Waals surface area (Å²) in [6.07, 6.45) is 9.31. The summed E-state index contributed by atoms with van der Waals surface area (Å²) in [4.78, 5) is 45.7. The molecule has 0 unspecified atom stereocenters. The van der Waals surface area contributed by atoms with E-state index in [2.05, 4.69) is 35.5 Å². The number of carboxylic acids is 2. The van der Waals surface area contributed by atoms with Gasteiger partial charge in [-0.05, 0) is 19.4 Å². The summed E-state index contributed by atoms with van der Waals surface area (Å²) in [5, 5.41) is 25.5. The molecule has 174 valence electrons. The Balaban J connectivity index is 4.12. The Morgan fingerprint density at radius 1 is 0.900 bits per heavy atom. The highest BCUT2D eigenvalue weighted by molar-refractivity contribution is 7.80. The number of carbonyl (C=O) groups is 4. The van der Waals surface area contributed by atoms with E-state index in [1.807, 2.05) is 0 Å². The molecule has 30 heavy (non-hydrogen) atoms. The summed E-state index contributed by atoms with van der Waals surface area (Å²) in [5.74, 6) is -3.36. The summed E-state index contributed by atoms with van der Waals surface area (Å²) in [7, 11) is 0. The summed E-state index contributed by atoms with van der Waals surface area (Å²) in [6, 6.07) is -1.82. The predicted octanol–water partition coefficient (Wildman–Crippen LogP) is 1.57. The number of carbonyl (C=O) groups excluding carboxylic acids is 2. The molecule has 10 heteroatoms. The third-order valence-electron chi connectivity index (χ3n) is 4.63. The van der Waals surface area contributed by atoms with Crippen LogP contribution in [0.2, 0.25) is 0 Å². The second-order valence-electron chi connectivity index (χ2n) is 7.27. The third-order valence-corrected chi connectivity index (χ3v) is 4.99. The van der Waals surface area contributed by atoms with E-state index in [1.165, 1.54) is 32.1 Å². The van der Waals surface area contributed by atoms with Gasteiger partial charge in [-0.1, -0.05) is 51.9 Å². The number of nitrogens with one attached hydrogen (secondary N) is 3. The van der Waals surface area contributed by atoms with E-state index >= 15 is 0 Å². The Morgan fingerprint density at radius 2 is 1.50 bits per heavy atom. The summed E-state index contributed by atoms with van der Waals surface area (Å²) < 4.78 is 0.